The minimum absolute atomic E-state index is 0.162. The van der Waals surface area contributed by atoms with Gasteiger partial charge in [-0.3, -0.25) is 4.79 Å². The van der Waals surface area contributed by atoms with Crippen molar-refractivity contribution in [1.82, 2.24) is 24.7 Å². The second kappa shape index (κ2) is 8.92. The molecule has 0 bridgehead atoms. The fourth-order valence-corrected chi connectivity index (χ4v) is 4.22. The standard InChI is InChI=1S/C24H26N6O2/c31-19-9-7-17(8-10-19)28-24-26-14-16-4-3-5-20(22(16)29-24)23(32)25-12-11-18-15-30-13-2-1-6-21(30)27-18/h1-6,13-15,17,19,31H,7-12H2,(H,25,32)(H,26,28,29). The summed E-state index contributed by atoms with van der Waals surface area (Å²) in [6.45, 7) is 0.486. The van der Waals surface area contributed by atoms with Gasteiger partial charge in [-0.1, -0.05) is 18.2 Å². The minimum Gasteiger partial charge on any atom is -0.393 e. The van der Waals surface area contributed by atoms with Crippen LogP contribution < -0.4 is 10.6 Å². The zero-order valence-corrected chi connectivity index (χ0v) is 17.7. The second-order valence-electron chi connectivity index (χ2n) is 8.29. The molecular weight excluding hydrogens is 404 g/mol. The lowest BCUT2D eigenvalue weighted by Crippen LogP contribution is -2.29. The molecule has 0 spiro atoms. The van der Waals surface area contributed by atoms with Gasteiger partial charge in [0, 0.05) is 43.0 Å². The van der Waals surface area contributed by atoms with E-state index in [2.05, 4.69) is 25.6 Å². The van der Waals surface area contributed by atoms with E-state index < -0.39 is 0 Å². The van der Waals surface area contributed by atoms with E-state index in [4.69, 9.17) is 0 Å². The van der Waals surface area contributed by atoms with Crippen LogP contribution in [0.25, 0.3) is 16.6 Å². The van der Waals surface area contributed by atoms with E-state index in [1.165, 1.54) is 0 Å². The molecule has 32 heavy (non-hydrogen) atoms. The summed E-state index contributed by atoms with van der Waals surface area (Å²) in [5, 5.41) is 16.9. The van der Waals surface area contributed by atoms with Crippen molar-refractivity contribution in [3.8, 4) is 0 Å². The molecule has 3 aromatic heterocycles. The second-order valence-corrected chi connectivity index (χ2v) is 8.29. The van der Waals surface area contributed by atoms with Gasteiger partial charge in [0.25, 0.3) is 5.91 Å². The molecule has 1 aromatic carbocycles. The summed E-state index contributed by atoms with van der Waals surface area (Å²) in [6, 6.07) is 11.7. The van der Waals surface area contributed by atoms with Crippen molar-refractivity contribution < 1.29 is 9.90 Å². The number of hydrogen-bond donors (Lipinski definition) is 3. The van der Waals surface area contributed by atoms with Gasteiger partial charge in [-0.25, -0.2) is 15.0 Å². The normalized spacial score (nSPS) is 18.7. The fraction of sp³-hybridized carbons (Fsp3) is 0.333. The molecule has 1 aliphatic carbocycles. The molecule has 8 nitrogen and oxygen atoms in total. The lowest BCUT2D eigenvalue weighted by molar-refractivity contribution is 0.0955. The average molecular weight is 431 g/mol. The lowest BCUT2D eigenvalue weighted by Gasteiger charge is -2.26. The van der Waals surface area contributed by atoms with Crippen LogP contribution in [0.3, 0.4) is 0 Å². The Labute approximate surface area is 185 Å². The highest BCUT2D eigenvalue weighted by atomic mass is 16.3. The van der Waals surface area contributed by atoms with Crippen LogP contribution in [0.1, 0.15) is 41.7 Å². The van der Waals surface area contributed by atoms with E-state index in [0.717, 1.165) is 42.4 Å². The number of nitrogens with one attached hydrogen (secondary N) is 2. The summed E-state index contributed by atoms with van der Waals surface area (Å²) in [4.78, 5) is 26.5. The number of amides is 1. The number of carbonyl (C=O) groups excluding carboxylic acids is 1. The Balaban J connectivity index is 1.27. The summed E-state index contributed by atoms with van der Waals surface area (Å²) in [6.07, 6.45) is 9.46. The maximum absolute atomic E-state index is 12.9. The molecule has 1 aliphatic rings. The number of hydrogen-bond acceptors (Lipinski definition) is 6. The third-order valence-electron chi connectivity index (χ3n) is 5.97. The van der Waals surface area contributed by atoms with Gasteiger partial charge in [-0.2, -0.15) is 0 Å². The van der Waals surface area contributed by atoms with Gasteiger partial charge in [0.15, 0.2) is 0 Å². The zero-order chi connectivity index (χ0) is 21.9. The topological polar surface area (TPSA) is 104 Å². The molecule has 3 N–H and O–H groups in total. The third kappa shape index (κ3) is 4.40. The number of pyridine rings is 1. The van der Waals surface area contributed by atoms with Gasteiger partial charge >= 0.3 is 0 Å². The number of aliphatic hydroxyl groups excluding tert-OH is 1. The van der Waals surface area contributed by atoms with Crippen LogP contribution in [-0.2, 0) is 6.42 Å². The third-order valence-corrected chi connectivity index (χ3v) is 5.97. The Morgan fingerprint density at radius 2 is 1.97 bits per heavy atom. The predicted molar refractivity (Wildman–Crippen MR) is 123 cm³/mol. The monoisotopic (exact) mass is 430 g/mol. The number of aliphatic hydroxyl groups is 1. The first kappa shape index (κ1) is 20.4. The highest BCUT2D eigenvalue weighted by molar-refractivity contribution is 6.05. The number of aromatic nitrogens is 4. The first-order valence-electron chi connectivity index (χ1n) is 11.1. The van der Waals surface area contributed by atoms with E-state index >= 15 is 0 Å². The quantitative estimate of drug-likeness (QED) is 0.434. The predicted octanol–water partition coefficient (Wildman–Crippen LogP) is 2.97. The summed E-state index contributed by atoms with van der Waals surface area (Å²) >= 11 is 0. The molecule has 0 unspecified atom stereocenters. The van der Waals surface area contributed by atoms with Crippen molar-refractivity contribution in [3.05, 3.63) is 66.2 Å². The van der Waals surface area contributed by atoms with E-state index in [1.807, 2.05) is 47.1 Å². The zero-order valence-electron chi connectivity index (χ0n) is 17.7. The molecule has 1 amide bonds. The van der Waals surface area contributed by atoms with Crippen molar-refractivity contribution >= 4 is 28.4 Å². The van der Waals surface area contributed by atoms with Crippen LogP contribution in [0.15, 0.2) is 55.0 Å². The van der Waals surface area contributed by atoms with Gasteiger partial charge in [0.2, 0.25) is 5.95 Å². The number of fused-ring (bicyclic) bond motifs is 2. The Morgan fingerprint density at radius 3 is 2.81 bits per heavy atom. The fourth-order valence-electron chi connectivity index (χ4n) is 4.22. The Morgan fingerprint density at radius 1 is 1.09 bits per heavy atom. The van der Waals surface area contributed by atoms with Crippen LogP contribution in [0.4, 0.5) is 5.95 Å². The van der Waals surface area contributed by atoms with E-state index in [1.54, 1.807) is 12.3 Å². The molecule has 3 heterocycles. The summed E-state index contributed by atoms with van der Waals surface area (Å²) in [7, 11) is 0. The van der Waals surface area contributed by atoms with Gasteiger partial charge in [0.05, 0.1) is 22.9 Å². The number of imidazole rings is 1. The van der Waals surface area contributed by atoms with Crippen molar-refractivity contribution in [2.24, 2.45) is 0 Å². The SMILES string of the molecule is O=C(NCCc1cn2ccccc2n1)c1cccc2cnc(NC3CCC(O)CC3)nc12. The Bertz CT molecular complexity index is 1210. The van der Waals surface area contributed by atoms with Crippen LogP contribution in [0.5, 0.6) is 0 Å². The molecule has 164 valence electrons. The molecule has 0 aliphatic heterocycles. The molecule has 4 aromatic rings. The molecule has 5 rings (SSSR count). The maximum Gasteiger partial charge on any atom is 0.253 e. The highest BCUT2D eigenvalue weighted by Crippen LogP contribution is 2.23. The van der Waals surface area contributed by atoms with E-state index in [0.29, 0.717) is 30.0 Å². The molecule has 0 saturated heterocycles. The number of anilines is 1. The van der Waals surface area contributed by atoms with Gasteiger partial charge in [-0.05, 0) is 43.9 Å². The number of rotatable bonds is 6. The van der Waals surface area contributed by atoms with Crippen molar-refractivity contribution in [3.63, 3.8) is 0 Å². The van der Waals surface area contributed by atoms with Gasteiger partial charge in [-0.15, -0.1) is 0 Å². The average Bonchev–Trinajstić information content (AvgIpc) is 3.23. The highest BCUT2D eigenvalue weighted by Gasteiger charge is 2.20. The molecular formula is C24H26N6O2. The summed E-state index contributed by atoms with van der Waals surface area (Å²) < 4.78 is 1.97. The largest absolute Gasteiger partial charge is 0.393 e. The van der Waals surface area contributed by atoms with E-state index in [-0.39, 0.29) is 18.1 Å². The van der Waals surface area contributed by atoms with Crippen molar-refractivity contribution in [2.75, 3.05) is 11.9 Å². The number of nitrogens with zero attached hydrogens (tertiary/aromatic N) is 4. The Hall–Kier alpha value is -3.52. The maximum atomic E-state index is 12.9. The first-order valence-corrected chi connectivity index (χ1v) is 11.1. The van der Waals surface area contributed by atoms with Crippen molar-refractivity contribution in [1.29, 1.82) is 0 Å². The van der Waals surface area contributed by atoms with Crippen LogP contribution in [0.2, 0.25) is 0 Å². The lowest BCUT2D eigenvalue weighted by atomic mass is 9.93. The van der Waals surface area contributed by atoms with Crippen molar-refractivity contribution in [2.45, 2.75) is 44.2 Å². The molecule has 1 saturated carbocycles. The molecule has 8 heteroatoms. The number of carbonyl (C=O) groups is 1. The van der Waals surface area contributed by atoms with Gasteiger partial charge < -0.3 is 20.1 Å². The van der Waals surface area contributed by atoms with E-state index in [9.17, 15) is 9.90 Å². The Kier molecular flexibility index (Phi) is 5.68. The summed E-state index contributed by atoms with van der Waals surface area (Å²) in [5.74, 6) is 0.355. The van der Waals surface area contributed by atoms with Crippen LogP contribution in [-0.4, -0.2) is 49.1 Å². The number of benzene rings is 1. The number of para-hydroxylation sites is 1. The van der Waals surface area contributed by atoms with Crippen LogP contribution >= 0.6 is 0 Å². The molecule has 1 fully saturated rings. The van der Waals surface area contributed by atoms with Crippen LogP contribution in [0, 0.1) is 0 Å². The minimum atomic E-state index is -0.207. The smallest absolute Gasteiger partial charge is 0.253 e. The van der Waals surface area contributed by atoms with Gasteiger partial charge in [0.1, 0.15) is 5.65 Å². The molecule has 0 radical (unpaired) electrons. The molecule has 0 atom stereocenters. The first-order chi connectivity index (χ1) is 15.7. The summed E-state index contributed by atoms with van der Waals surface area (Å²) in [5.41, 5.74) is 2.99.